The Morgan fingerprint density at radius 3 is 2.27 bits per heavy atom. The zero-order valence-electron chi connectivity index (χ0n) is 21.4. The lowest BCUT2D eigenvalue weighted by atomic mass is 9.99. The molecule has 2 aliphatic rings. The highest BCUT2D eigenvalue weighted by molar-refractivity contribution is 7.40. The SMILES string of the molecule is CC(=O)c1ccc(OCC2OC(OPOPOCC3OC(n4ccc(=O)[nH]c4=O)C(O)C3O)C(O)C(O)C2O)cc1. The van der Waals surface area contributed by atoms with Crippen molar-refractivity contribution in [2.75, 3.05) is 13.2 Å². The number of aliphatic hydroxyl groups excluding tert-OH is 5. The maximum Gasteiger partial charge on any atom is 0.330 e. The van der Waals surface area contributed by atoms with Crippen molar-refractivity contribution in [3.8, 4) is 5.75 Å². The van der Waals surface area contributed by atoms with Gasteiger partial charge in [0.25, 0.3) is 5.56 Å². The molecule has 2 aliphatic heterocycles. The number of Topliss-reactive ketones (excluding diaryl/α,β-unsaturated/α-hetero) is 1. The molecule has 2 fully saturated rings. The number of hydrogen-bond acceptors (Lipinski definition) is 14. The van der Waals surface area contributed by atoms with Crippen LogP contribution in [0, 0.1) is 0 Å². The molecule has 18 heteroatoms. The Morgan fingerprint density at radius 1 is 0.902 bits per heavy atom. The molecule has 6 N–H and O–H groups in total. The molecule has 0 amide bonds. The first-order valence-electron chi connectivity index (χ1n) is 12.3. The second-order valence-corrected chi connectivity index (χ2v) is 10.8. The third kappa shape index (κ3) is 7.82. The van der Waals surface area contributed by atoms with Gasteiger partial charge in [0.2, 0.25) is 0 Å². The second kappa shape index (κ2) is 14.3. The summed E-state index contributed by atoms with van der Waals surface area (Å²) in [6.07, 6.45) is -11.1. The van der Waals surface area contributed by atoms with E-state index in [1.54, 1.807) is 24.3 Å². The van der Waals surface area contributed by atoms with E-state index in [1.165, 1.54) is 6.92 Å². The van der Waals surface area contributed by atoms with Crippen molar-refractivity contribution >= 4 is 23.9 Å². The van der Waals surface area contributed by atoms with Gasteiger partial charge in [-0.1, -0.05) is 0 Å². The smallest absolute Gasteiger partial charge is 0.330 e. The van der Waals surface area contributed by atoms with E-state index in [4.69, 9.17) is 27.6 Å². The van der Waals surface area contributed by atoms with Crippen molar-refractivity contribution in [2.45, 2.75) is 62.2 Å². The summed E-state index contributed by atoms with van der Waals surface area (Å²) in [5.41, 5.74) is -0.945. The average Bonchev–Trinajstić information content (AvgIpc) is 3.22. The van der Waals surface area contributed by atoms with Crippen molar-refractivity contribution in [3.63, 3.8) is 0 Å². The van der Waals surface area contributed by atoms with Gasteiger partial charge in [-0.15, -0.1) is 0 Å². The summed E-state index contributed by atoms with van der Waals surface area (Å²) >= 11 is 0. The topological polar surface area (TPSA) is 228 Å². The van der Waals surface area contributed by atoms with E-state index in [2.05, 4.69) is 0 Å². The monoisotopic (exact) mass is 620 g/mol. The number of hydrogen-bond donors (Lipinski definition) is 6. The second-order valence-electron chi connectivity index (χ2n) is 9.17. The quantitative estimate of drug-likeness (QED) is 0.0885. The van der Waals surface area contributed by atoms with Crippen LogP contribution >= 0.6 is 18.1 Å². The molecule has 0 bridgehead atoms. The van der Waals surface area contributed by atoms with Crippen molar-refractivity contribution in [1.82, 2.24) is 9.55 Å². The number of aromatic amines is 1. The van der Waals surface area contributed by atoms with Crippen LogP contribution in [0.1, 0.15) is 23.5 Å². The Morgan fingerprint density at radius 2 is 1.59 bits per heavy atom. The normalized spacial score (nSPS) is 32.3. The van der Waals surface area contributed by atoms with Gasteiger partial charge in [-0.2, -0.15) is 0 Å². The highest BCUT2D eigenvalue weighted by Crippen LogP contribution is 2.35. The summed E-state index contributed by atoms with van der Waals surface area (Å²) in [6, 6.07) is 7.37. The van der Waals surface area contributed by atoms with Crippen molar-refractivity contribution in [1.29, 1.82) is 0 Å². The van der Waals surface area contributed by atoms with Crippen LogP contribution in [0.2, 0.25) is 0 Å². The summed E-state index contributed by atoms with van der Waals surface area (Å²) in [6.45, 7) is 1.01. The number of nitrogens with one attached hydrogen (secondary N) is 1. The number of nitrogens with zero attached hydrogens (tertiary/aromatic N) is 1. The van der Waals surface area contributed by atoms with Gasteiger partial charge >= 0.3 is 5.69 Å². The van der Waals surface area contributed by atoms with Crippen LogP contribution in [0.5, 0.6) is 5.75 Å². The van der Waals surface area contributed by atoms with Crippen LogP contribution in [-0.4, -0.2) is 103 Å². The van der Waals surface area contributed by atoms with E-state index >= 15 is 0 Å². The van der Waals surface area contributed by atoms with E-state index in [0.29, 0.717) is 11.3 Å². The van der Waals surface area contributed by atoms with Crippen LogP contribution < -0.4 is 16.0 Å². The number of H-pyrrole nitrogens is 1. The predicted molar refractivity (Wildman–Crippen MR) is 141 cm³/mol. The average molecular weight is 620 g/mol. The fourth-order valence-electron chi connectivity index (χ4n) is 4.07. The minimum atomic E-state index is -1.60. The minimum Gasteiger partial charge on any atom is -0.491 e. The fourth-order valence-corrected chi connectivity index (χ4v) is 5.16. The highest BCUT2D eigenvalue weighted by Gasteiger charge is 2.45. The summed E-state index contributed by atoms with van der Waals surface area (Å²) in [7, 11) is -1.35. The lowest BCUT2D eigenvalue weighted by Gasteiger charge is -2.39. The lowest BCUT2D eigenvalue weighted by Crippen LogP contribution is -2.59. The molecule has 0 radical (unpaired) electrons. The third-order valence-electron chi connectivity index (χ3n) is 6.36. The van der Waals surface area contributed by atoms with Gasteiger partial charge in [-0.25, -0.2) is 4.79 Å². The number of ether oxygens (including phenoxy) is 3. The van der Waals surface area contributed by atoms with E-state index < -0.39 is 84.6 Å². The number of carbonyl (C=O) groups excluding carboxylic acids is 1. The van der Waals surface area contributed by atoms with Crippen molar-refractivity contribution in [2.24, 2.45) is 0 Å². The number of benzene rings is 1. The van der Waals surface area contributed by atoms with Crippen molar-refractivity contribution < 1.29 is 57.9 Å². The van der Waals surface area contributed by atoms with Crippen LogP contribution in [0.15, 0.2) is 46.1 Å². The van der Waals surface area contributed by atoms with Gasteiger partial charge in [0, 0.05) is 17.8 Å². The van der Waals surface area contributed by atoms with E-state index in [-0.39, 0.29) is 19.0 Å². The maximum atomic E-state index is 12.0. The molecule has 1 aromatic carbocycles. The zero-order valence-corrected chi connectivity index (χ0v) is 23.4. The van der Waals surface area contributed by atoms with Crippen LogP contribution in [0.4, 0.5) is 0 Å². The summed E-state index contributed by atoms with van der Waals surface area (Å²) in [4.78, 5) is 36.6. The fraction of sp³-hybridized carbons (Fsp3) is 0.522. The minimum absolute atomic E-state index is 0.105. The molecular weight excluding hydrogens is 590 g/mol. The van der Waals surface area contributed by atoms with Gasteiger partial charge in [0.15, 0.2) is 36.4 Å². The Labute approximate surface area is 235 Å². The van der Waals surface area contributed by atoms with Gasteiger partial charge < -0.3 is 48.8 Å². The number of carbonyl (C=O) groups is 1. The molecule has 226 valence electrons. The Bertz CT molecular complexity index is 1280. The molecule has 11 atom stereocenters. The zero-order chi connectivity index (χ0) is 29.7. The van der Waals surface area contributed by atoms with Crippen LogP contribution in [0.3, 0.4) is 0 Å². The molecule has 0 spiro atoms. The van der Waals surface area contributed by atoms with E-state index in [9.17, 15) is 39.9 Å². The van der Waals surface area contributed by atoms with Crippen LogP contribution in [0.25, 0.3) is 0 Å². The molecule has 2 aromatic rings. The summed E-state index contributed by atoms with van der Waals surface area (Å²) in [5.74, 6) is 0.291. The van der Waals surface area contributed by atoms with E-state index in [0.717, 1.165) is 16.8 Å². The molecule has 0 aliphatic carbocycles. The Balaban J connectivity index is 1.19. The molecular formula is C23H30N2O14P2. The molecule has 4 rings (SSSR count). The van der Waals surface area contributed by atoms with Crippen molar-refractivity contribution in [3.05, 3.63) is 62.9 Å². The molecule has 16 nitrogen and oxygen atoms in total. The molecule has 41 heavy (non-hydrogen) atoms. The van der Waals surface area contributed by atoms with Gasteiger partial charge in [0.05, 0.1) is 6.61 Å². The number of aromatic nitrogens is 2. The van der Waals surface area contributed by atoms with Gasteiger partial charge in [0.1, 0.15) is 55.1 Å². The number of rotatable bonds is 12. The maximum absolute atomic E-state index is 12.0. The first-order valence-corrected chi connectivity index (χ1v) is 13.9. The Hall–Kier alpha value is -2.17. The molecule has 3 heterocycles. The van der Waals surface area contributed by atoms with E-state index in [1.807, 2.05) is 4.98 Å². The number of ketones is 1. The summed E-state index contributed by atoms with van der Waals surface area (Å²) < 4.78 is 33.5. The standard InChI is InChI=1S/C23H30N2O14P2/c1-10(26)11-2-4-12(5-3-11)34-8-13-16(28)18(30)20(32)22(37-13)38-41-39-40-35-9-14-17(29)19(31)21(36-14)25-7-6-15(27)24-23(25)33/h2-7,13-14,16-22,28-32,40-41H,8-9H2,1H3,(H,24,27,33). The predicted octanol–water partition coefficient (Wildman–Crippen LogP) is -1.69. The first-order chi connectivity index (χ1) is 19.6. The first kappa shape index (κ1) is 31.8. The largest absolute Gasteiger partial charge is 0.491 e. The number of aliphatic hydroxyl groups is 5. The highest BCUT2D eigenvalue weighted by atomic mass is 31.2. The molecule has 1 aromatic heterocycles. The lowest BCUT2D eigenvalue weighted by molar-refractivity contribution is -0.275. The summed E-state index contributed by atoms with van der Waals surface area (Å²) in [5, 5.41) is 51.2. The van der Waals surface area contributed by atoms with Crippen LogP contribution in [-0.2, 0) is 22.8 Å². The van der Waals surface area contributed by atoms with Gasteiger partial charge in [-0.05, 0) is 31.2 Å². The third-order valence-corrected chi connectivity index (χ3v) is 7.64. The van der Waals surface area contributed by atoms with Gasteiger partial charge in [-0.3, -0.25) is 23.5 Å². The molecule has 2 saturated heterocycles. The Kier molecular flexibility index (Phi) is 11.1. The molecule has 11 unspecified atom stereocenters. The molecule has 0 saturated carbocycles.